The van der Waals surface area contributed by atoms with Gasteiger partial charge in [-0.2, -0.15) is 0 Å². The van der Waals surface area contributed by atoms with E-state index < -0.39 is 9.84 Å². The molecular formula is C20H21N3O3S2. The van der Waals surface area contributed by atoms with Crippen molar-refractivity contribution in [1.82, 2.24) is 0 Å². The molecule has 0 saturated carbocycles. The van der Waals surface area contributed by atoms with Gasteiger partial charge in [0.2, 0.25) is 5.91 Å². The van der Waals surface area contributed by atoms with Crippen molar-refractivity contribution in [3.8, 4) is 0 Å². The van der Waals surface area contributed by atoms with Crippen molar-refractivity contribution in [1.29, 1.82) is 0 Å². The Kier molecular flexibility index (Phi) is 5.16. The summed E-state index contributed by atoms with van der Waals surface area (Å²) in [6, 6.07) is 15.2. The normalized spacial score (nSPS) is 22.4. The second kappa shape index (κ2) is 7.60. The van der Waals surface area contributed by atoms with Crippen LogP contribution in [0.5, 0.6) is 0 Å². The van der Waals surface area contributed by atoms with Crippen molar-refractivity contribution >= 4 is 44.0 Å². The standard InChI is InChI=1S/C20H21N3O3S2/c1-13-2-6-15(7-3-13)21-19(24)10-14-4-8-16(9-5-14)22-20-23-17-11-28(25,26)12-18(17)27-20/h2-9,17-18H,10-12H2,1H3,(H,21,24)(H,22,23)/t17-,18+/m1/s1. The van der Waals surface area contributed by atoms with E-state index in [0.717, 1.165) is 27.7 Å². The molecule has 2 aromatic rings. The van der Waals surface area contributed by atoms with Gasteiger partial charge in [-0.15, -0.1) is 0 Å². The van der Waals surface area contributed by atoms with E-state index in [1.165, 1.54) is 11.8 Å². The van der Waals surface area contributed by atoms with Gasteiger partial charge in [0.15, 0.2) is 15.0 Å². The first-order chi connectivity index (χ1) is 13.4. The molecular weight excluding hydrogens is 394 g/mol. The number of nitrogens with one attached hydrogen (secondary N) is 2. The Labute approximate surface area is 168 Å². The lowest BCUT2D eigenvalue weighted by atomic mass is 10.1. The summed E-state index contributed by atoms with van der Waals surface area (Å²) in [5, 5.41) is 6.92. The number of aryl methyl sites for hydroxylation is 1. The smallest absolute Gasteiger partial charge is 0.228 e. The van der Waals surface area contributed by atoms with Gasteiger partial charge in [0.25, 0.3) is 0 Å². The first kappa shape index (κ1) is 19.0. The fourth-order valence-corrected chi connectivity index (χ4v) is 6.95. The van der Waals surface area contributed by atoms with E-state index in [4.69, 9.17) is 0 Å². The molecule has 146 valence electrons. The summed E-state index contributed by atoms with van der Waals surface area (Å²) in [5.74, 6) is 0.283. The van der Waals surface area contributed by atoms with Crippen molar-refractivity contribution in [2.75, 3.05) is 22.1 Å². The Hall–Kier alpha value is -2.32. The Bertz CT molecular complexity index is 1020. The number of carbonyl (C=O) groups is 1. The van der Waals surface area contributed by atoms with E-state index >= 15 is 0 Å². The maximum absolute atomic E-state index is 12.2. The molecule has 2 heterocycles. The molecule has 8 heteroatoms. The van der Waals surface area contributed by atoms with E-state index in [1.54, 1.807) is 0 Å². The summed E-state index contributed by atoms with van der Waals surface area (Å²) in [7, 11) is -2.94. The average molecular weight is 416 g/mol. The van der Waals surface area contributed by atoms with E-state index in [2.05, 4.69) is 15.6 Å². The molecule has 2 aliphatic rings. The van der Waals surface area contributed by atoms with Gasteiger partial charge in [-0.05, 0) is 36.8 Å². The van der Waals surface area contributed by atoms with Crippen molar-refractivity contribution in [2.24, 2.45) is 4.99 Å². The minimum atomic E-state index is -2.94. The number of sulfone groups is 1. The van der Waals surface area contributed by atoms with Gasteiger partial charge in [0.05, 0.1) is 24.0 Å². The summed E-state index contributed by atoms with van der Waals surface area (Å²) in [5.41, 5.74) is 3.73. The fraction of sp³-hybridized carbons (Fsp3) is 0.300. The summed E-state index contributed by atoms with van der Waals surface area (Å²) in [6.45, 7) is 2.01. The van der Waals surface area contributed by atoms with Gasteiger partial charge in [0.1, 0.15) is 0 Å². The molecule has 0 radical (unpaired) electrons. The molecule has 0 bridgehead atoms. The van der Waals surface area contributed by atoms with Crippen molar-refractivity contribution in [2.45, 2.75) is 24.6 Å². The third-order valence-electron chi connectivity index (χ3n) is 4.72. The minimum absolute atomic E-state index is 0.0252. The lowest BCUT2D eigenvalue weighted by Gasteiger charge is -2.09. The van der Waals surface area contributed by atoms with E-state index in [-0.39, 0.29) is 28.7 Å². The number of hydrogen-bond donors (Lipinski definition) is 2. The molecule has 0 spiro atoms. The zero-order chi connectivity index (χ0) is 19.7. The molecule has 1 saturated heterocycles. The van der Waals surface area contributed by atoms with E-state index in [1.807, 2.05) is 55.5 Å². The Morgan fingerprint density at radius 2 is 1.75 bits per heavy atom. The predicted molar refractivity (Wildman–Crippen MR) is 115 cm³/mol. The number of hydrogen-bond acceptors (Lipinski definition) is 6. The maximum atomic E-state index is 12.2. The monoisotopic (exact) mass is 415 g/mol. The highest BCUT2D eigenvalue weighted by atomic mass is 32.2. The second-order valence-corrected chi connectivity index (χ2v) is 10.5. The summed E-state index contributed by atoms with van der Waals surface area (Å²) < 4.78 is 23.3. The fourth-order valence-electron chi connectivity index (χ4n) is 3.27. The van der Waals surface area contributed by atoms with Crippen LogP contribution in [0.15, 0.2) is 53.5 Å². The first-order valence-corrected chi connectivity index (χ1v) is 11.7. The topological polar surface area (TPSA) is 87.6 Å². The average Bonchev–Trinajstić information content (AvgIpc) is 3.11. The number of fused-ring (bicyclic) bond motifs is 1. The maximum Gasteiger partial charge on any atom is 0.228 e. The van der Waals surface area contributed by atoms with Crippen LogP contribution in [0.1, 0.15) is 11.1 Å². The number of rotatable bonds is 4. The molecule has 2 aromatic carbocycles. The number of nitrogens with zero attached hydrogens (tertiary/aromatic N) is 1. The van der Waals surface area contributed by atoms with Crippen LogP contribution in [0, 0.1) is 6.92 Å². The molecule has 2 atom stereocenters. The van der Waals surface area contributed by atoms with Gasteiger partial charge in [0, 0.05) is 16.6 Å². The van der Waals surface area contributed by atoms with Gasteiger partial charge in [-0.3, -0.25) is 9.79 Å². The minimum Gasteiger partial charge on any atom is -0.335 e. The van der Waals surface area contributed by atoms with Crippen LogP contribution in [0.3, 0.4) is 0 Å². The van der Waals surface area contributed by atoms with Crippen molar-refractivity contribution in [3.63, 3.8) is 0 Å². The quantitative estimate of drug-likeness (QED) is 0.802. The van der Waals surface area contributed by atoms with Gasteiger partial charge < -0.3 is 10.6 Å². The number of anilines is 2. The summed E-state index contributed by atoms with van der Waals surface area (Å²) in [6.07, 6.45) is 0.297. The first-order valence-electron chi connectivity index (χ1n) is 9.04. The van der Waals surface area contributed by atoms with Crippen LogP contribution in [0.2, 0.25) is 0 Å². The summed E-state index contributed by atoms with van der Waals surface area (Å²) >= 11 is 1.49. The molecule has 6 nitrogen and oxygen atoms in total. The predicted octanol–water partition coefficient (Wildman–Crippen LogP) is 2.86. The van der Waals surface area contributed by atoms with Gasteiger partial charge in [-0.1, -0.05) is 41.6 Å². The molecule has 1 fully saturated rings. The van der Waals surface area contributed by atoms with Crippen LogP contribution in [-0.4, -0.2) is 42.3 Å². The zero-order valence-electron chi connectivity index (χ0n) is 15.4. The molecule has 0 aromatic heterocycles. The highest BCUT2D eigenvalue weighted by molar-refractivity contribution is 8.15. The number of amidine groups is 1. The number of benzene rings is 2. The SMILES string of the molecule is Cc1ccc(NC(=O)Cc2ccc(NC3=N[C@@H]4CS(=O)(=O)C[C@@H]4S3)cc2)cc1. The Morgan fingerprint density at radius 3 is 2.43 bits per heavy atom. The molecule has 0 unspecified atom stereocenters. The lowest BCUT2D eigenvalue weighted by Crippen LogP contribution is -2.14. The highest BCUT2D eigenvalue weighted by Crippen LogP contribution is 2.34. The summed E-state index contributed by atoms with van der Waals surface area (Å²) in [4.78, 5) is 16.7. The zero-order valence-corrected chi connectivity index (χ0v) is 17.0. The second-order valence-electron chi connectivity index (χ2n) is 7.15. The van der Waals surface area contributed by atoms with Gasteiger partial charge in [-0.25, -0.2) is 8.42 Å². The third kappa shape index (κ3) is 4.56. The van der Waals surface area contributed by atoms with Crippen LogP contribution in [0.25, 0.3) is 0 Å². The third-order valence-corrected chi connectivity index (χ3v) is 7.87. The molecule has 2 aliphatic heterocycles. The number of thioether (sulfide) groups is 1. The van der Waals surface area contributed by atoms with E-state index in [0.29, 0.717) is 6.42 Å². The van der Waals surface area contributed by atoms with Crippen LogP contribution in [0.4, 0.5) is 11.4 Å². The molecule has 2 N–H and O–H groups in total. The number of aliphatic imine (C=N–C) groups is 1. The molecule has 1 amide bonds. The number of amides is 1. The Morgan fingerprint density at radius 1 is 1.07 bits per heavy atom. The largest absolute Gasteiger partial charge is 0.335 e. The van der Waals surface area contributed by atoms with Crippen LogP contribution >= 0.6 is 11.8 Å². The molecule has 28 heavy (non-hydrogen) atoms. The van der Waals surface area contributed by atoms with Gasteiger partial charge >= 0.3 is 0 Å². The van der Waals surface area contributed by atoms with E-state index in [9.17, 15) is 13.2 Å². The molecule has 4 rings (SSSR count). The Balaban J connectivity index is 1.32. The lowest BCUT2D eigenvalue weighted by molar-refractivity contribution is -0.115. The van der Waals surface area contributed by atoms with Crippen molar-refractivity contribution < 1.29 is 13.2 Å². The van der Waals surface area contributed by atoms with Crippen molar-refractivity contribution in [3.05, 3.63) is 59.7 Å². The highest BCUT2D eigenvalue weighted by Gasteiger charge is 2.42. The van der Waals surface area contributed by atoms with Crippen LogP contribution in [-0.2, 0) is 21.1 Å². The molecule has 0 aliphatic carbocycles. The van der Waals surface area contributed by atoms with Crippen LogP contribution < -0.4 is 10.6 Å². The number of carbonyl (C=O) groups excluding carboxylic acids is 1.